The topological polar surface area (TPSA) is 68.3 Å². The number of carbonyl (C=O) groups excluding carboxylic acids is 1. The van der Waals surface area contributed by atoms with Gasteiger partial charge in [-0.3, -0.25) is 4.79 Å². The number of hydrogen-bond acceptors (Lipinski definition) is 4. The van der Waals surface area contributed by atoms with Crippen molar-refractivity contribution in [2.24, 2.45) is 0 Å². The number of furan rings is 1. The second-order valence-corrected chi connectivity index (χ2v) is 7.58. The Hall–Kier alpha value is -4.38. The van der Waals surface area contributed by atoms with E-state index >= 15 is 0 Å². The number of carbonyl (C=O) groups is 1. The normalized spacial score (nSPS) is 11.4. The third-order valence-electron chi connectivity index (χ3n) is 5.25. The van der Waals surface area contributed by atoms with E-state index in [2.05, 4.69) is 0 Å². The molecule has 2 aromatic heterocycles. The van der Waals surface area contributed by atoms with Gasteiger partial charge in [-0.25, -0.2) is 4.68 Å². The van der Waals surface area contributed by atoms with Gasteiger partial charge in [0.2, 0.25) is 0 Å². The highest BCUT2D eigenvalue weighted by Gasteiger charge is 2.16. The summed E-state index contributed by atoms with van der Waals surface area (Å²) in [5.74, 6) is 0.295. The first kappa shape index (κ1) is 19.6. The molecule has 0 aliphatic rings. The zero-order valence-corrected chi connectivity index (χ0v) is 17.4. The minimum absolute atomic E-state index is 0.0391. The van der Waals surface area contributed by atoms with Gasteiger partial charge in [-0.05, 0) is 55.5 Å². The summed E-state index contributed by atoms with van der Waals surface area (Å²) >= 11 is 0. The number of para-hydroxylation sites is 2. The lowest BCUT2D eigenvalue weighted by molar-refractivity contribution is 0.104. The highest BCUT2D eigenvalue weighted by molar-refractivity contribution is 6.09. The van der Waals surface area contributed by atoms with Gasteiger partial charge in [-0.1, -0.05) is 48.0 Å². The number of benzene rings is 3. The van der Waals surface area contributed by atoms with E-state index in [1.807, 2.05) is 73.8 Å². The maximum atomic E-state index is 12.8. The average molecular weight is 420 g/mol. The van der Waals surface area contributed by atoms with Gasteiger partial charge in [0.15, 0.2) is 11.5 Å². The summed E-state index contributed by atoms with van der Waals surface area (Å²) in [5.41, 5.74) is 4.19. The van der Waals surface area contributed by atoms with E-state index in [-0.39, 0.29) is 17.1 Å². The molecule has 0 saturated heterocycles. The molecule has 5 aromatic rings. The standard InChI is InChI=1S/C27H20N2O3/c1-18-11-13-23(30)22(15-18)24(31)14-12-20-17-29(21-8-3-2-4-9-21)28-27(20)26-16-19-7-5-6-10-25(19)32-26/h2-17,30H,1H3/b14-12+. The van der Waals surface area contributed by atoms with Crippen LogP contribution in [0.15, 0.2) is 95.6 Å². The van der Waals surface area contributed by atoms with Crippen molar-refractivity contribution >= 4 is 22.8 Å². The number of fused-ring (bicyclic) bond motifs is 1. The largest absolute Gasteiger partial charge is 0.507 e. The van der Waals surface area contributed by atoms with Gasteiger partial charge < -0.3 is 9.52 Å². The van der Waals surface area contributed by atoms with Gasteiger partial charge in [0.05, 0.1) is 11.3 Å². The van der Waals surface area contributed by atoms with Crippen LogP contribution < -0.4 is 0 Å². The Morgan fingerprint density at radius 3 is 2.59 bits per heavy atom. The summed E-state index contributed by atoms with van der Waals surface area (Å²) in [6.45, 7) is 1.88. The summed E-state index contributed by atoms with van der Waals surface area (Å²) < 4.78 is 7.80. The summed E-state index contributed by atoms with van der Waals surface area (Å²) in [7, 11) is 0. The van der Waals surface area contributed by atoms with Crippen LogP contribution in [0.25, 0.3) is 34.2 Å². The van der Waals surface area contributed by atoms with Crippen LogP contribution in [0.4, 0.5) is 0 Å². The SMILES string of the molecule is Cc1ccc(O)c(C(=O)/C=C/c2cn(-c3ccccc3)nc2-c2cc3ccccc3o2)c1. The fourth-order valence-electron chi connectivity index (χ4n) is 3.61. The van der Waals surface area contributed by atoms with E-state index in [9.17, 15) is 9.90 Å². The van der Waals surface area contributed by atoms with Crippen molar-refractivity contribution in [2.45, 2.75) is 6.92 Å². The highest BCUT2D eigenvalue weighted by atomic mass is 16.3. The lowest BCUT2D eigenvalue weighted by Gasteiger charge is -2.01. The average Bonchev–Trinajstić information content (AvgIpc) is 3.43. The van der Waals surface area contributed by atoms with Crippen molar-refractivity contribution in [3.63, 3.8) is 0 Å². The second-order valence-electron chi connectivity index (χ2n) is 7.58. The Balaban J connectivity index is 1.58. The molecule has 3 aromatic carbocycles. The Labute approximate surface area is 184 Å². The lowest BCUT2D eigenvalue weighted by Crippen LogP contribution is -1.95. The molecule has 0 unspecified atom stereocenters. The molecule has 0 atom stereocenters. The highest BCUT2D eigenvalue weighted by Crippen LogP contribution is 2.31. The van der Waals surface area contributed by atoms with Crippen molar-refractivity contribution in [3.8, 4) is 22.9 Å². The number of aromatic nitrogens is 2. The van der Waals surface area contributed by atoms with E-state index in [0.717, 1.165) is 27.8 Å². The zero-order valence-electron chi connectivity index (χ0n) is 17.4. The van der Waals surface area contributed by atoms with Crippen LogP contribution in [-0.2, 0) is 0 Å². The van der Waals surface area contributed by atoms with Crippen molar-refractivity contribution in [1.29, 1.82) is 0 Å². The third kappa shape index (κ3) is 3.72. The van der Waals surface area contributed by atoms with Gasteiger partial charge in [0.1, 0.15) is 17.0 Å². The molecule has 5 nitrogen and oxygen atoms in total. The van der Waals surface area contributed by atoms with Gasteiger partial charge in [0.25, 0.3) is 0 Å². The summed E-state index contributed by atoms with van der Waals surface area (Å²) in [6.07, 6.45) is 5.02. The van der Waals surface area contributed by atoms with E-state index in [4.69, 9.17) is 9.52 Å². The molecule has 0 aliphatic carbocycles. The molecule has 156 valence electrons. The summed E-state index contributed by atoms with van der Waals surface area (Å²) in [6, 6.07) is 24.4. The third-order valence-corrected chi connectivity index (χ3v) is 5.25. The lowest BCUT2D eigenvalue weighted by atomic mass is 10.1. The zero-order chi connectivity index (χ0) is 22.1. The minimum atomic E-state index is -0.283. The van der Waals surface area contributed by atoms with Crippen molar-refractivity contribution in [2.75, 3.05) is 0 Å². The van der Waals surface area contributed by atoms with Crippen molar-refractivity contribution in [3.05, 3.63) is 108 Å². The second kappa shape index (κ2) is 8.04. The predicted octanol–water partition coefficient (Wildman–Crippen LogP) is 6.20. The predicted molar refractivity (Wildman–Crippen MR) is 125 cm³/mol. The van der Waals surface area contributed by atoms with E-state index in [1.165, 1.54) is 12.1 Å². The van der Waals surface area contributed by atoms with Crippen LogP contribution >= 0.6 is 0 Å². The van der Waals surface area contributed by atoms with E-state index in [1.54, 1.807) is 22.9 Å². The van der Waals surface area contributed by atoms with Crippen LogP contribution in [0, 0.1) is 6.92 Å². The first-order valence-electron chi connectivity index (χ1n) is 10.2. The molecule has 0 spiro atoms. The molecule has 0 saturated carbocycles. The first-order chi connectivity index (χ1) is 15.6. The molecule has 0 bridgehead atoms. The summed E-state index contributed by atoms with van der Waals surface area (Å²) in [4.78, 5) is 12.8. The van der Waals surface area contributed by atoms with Crippen LogP contribution in [0.2, 0.25) is 0 Å². The van der Waals surface area contributed by atoms with Crippen molar-refractivity contribution < 1.29 is 14.3 Å². The monoisotopic (exact) mass is 420 g/mol. The number of nitrogens with zero attached hydrogens (tertiary/aromatic N) is 2. The van der Waals surface area contributed by atoms with Gasteiger partial charge in [0, 0.05) is 17.1 Å². The quantitative estimate of drug-likeness (QED) is 0.272. The Bertz CT molecular complexity index is 1430. The van der Waals surface area contributed by atoms with Crippen LogP contribution in [-0.4, -0.2) is 20.7 Å². The first-order valence-corrected chi connectivity index (χ1v) is 10.2. The van der Waals surface area contributed by atoms with Crippen molar-refractivity contribution in [1.82, 2.24) is 9.78 Å². The molecule has 0 fully saturated rings. The van der Waals surface area contributed by atoms with Gasteiger partial charge in [-0.15, -0.1) is 0 Å². The van der Waals surface area contributed by atoms with E-state index in [0.29, 0.717) is 11.5 Å². The van der Waals surface area contributed by atoms with Crippen LogP contribution in [0.1, 0.15) is 21.5 Å². The minimum Gasteiger partial charge on any atom is -0.507 e. The molecule has 32 heavy (non-hydrogen) atoms. The molecule has 5 heteroatoms. The maximum absolute atomic E-state index is 12.8. The molecule has 0 aliphatic heterocycles. The number of hydrogen-bond donors (Lipinski definition) is 1. The van der Waals surface area contributed by atoms with Gasteiger partial charge >= 0.3 is 0 Å². The number of ketones is 1. The molecule has 1 N–H and O–H groups in total. The Morgan fingerprint density at radius 2 is 1.78 bits per heavy atom. The van der Waals surface area contributed by atoms with Crippen LogP contribution in [0.3, 0.4) is 0 Å². The fraction of sp³-hybridized carbons (Fsp3) is 0.0370. The number of phenolic OH excluding ortho intramolecular Hbond substituents is 1. The molecular weight excluding hydrogens is 400 g/mol. The molecule has 2 heterocycles. The molecule has 5 rings (SSSR count). The fourth-order valence-corrected chi connectivity index (χ4v) is 3.61. The van der Waals surface area contributed by atoms with E-state index < -0.39 is 0 Å². The molecular formula is C27H20N2O3. The molecule has 0 amide bonds. The summed E-state index contributed by atoms with van der Waals surface area (Å²) in [5, 5.41) is 15.8. The maximum Gasteiger partial charge on any atom is 0.189 e. The molecule has 0 radical (unpaired) electrons. The Morgan fingerprint density at radius 1 is 1.00 bits per heavy atom. The van der Waals surface area contributed by atoms with Crippen LogP contribution in [0.5, 0.6) is 5.75 Å². The van der Waals surface area contributed by atoms with Gasteiger partial charge in [-0.2, -0.15) is 5.10 Å². The number of aromatic hydroxyl groups is 1. The number of aryl methyl sites for hydroxylation is 1. The number of rotatable bonds is 5. The smallest absolute Gasteiger partial charge is 0.189 e. The number of allylic oxidation sites excluding steroid dienone is 1. The Kier molecular flexibility index (Phi) is 4.92. The number of phenols is 1.